The van der Waals surface area contributed by atoms with E-state index in [4.69, 9.17) is 4.74 Å². The summed E-state index contributed by atoms with van der Waals surface area (Å²) >= 11 is 0. The Morgan fingerprint density at radius 3 is 2.74 bits per heavy atom. The summed E-state index contributed by atoms with van der Waals surface area (Å²) in [6.07, 6.45) is 5.78. The Morgan fingerprint density at radius 2 is 2.00 bits per heavy atom. The van der Waals surface area contributed by atoms with Crippen LogP contribution >= 0.6 is 0 Å². The highest BCUT2D eigenvalue weighted by Crippen LogP contribution is 2.43. The number of piperidine rings is 3. The van der Waals surface area contributed by atoms with Gasteiger partial charge in [-0.2, -0.15) is 0 Å². The molecule has 4 heteroatoms. The number of fused-ring (bicyclic) bond motifs is 4. The molecule has 0 saturated carbocycles. The van der Waals surface area contributed by atoms with Crippen LogP contribution in [0.1, 0.15) is 40.4 Å². The van der Waals surface area contributed by atoms with Crippen LogP contribution < -0.4 is 0 Å². The van der Waals surface area contributed by atoms with Crippen LogP contribution in [0.2, 0.25) is 0 Å². The number of hydrogen-bond donors (Lipinski definition) is 0. The van der Waals surface area contributed by atoms with E-state index >= 15 is 0 Å². The number of rotatable bonds is 5. The van der Waals surface area contributed by atoms with Crippen molar-refractivity contribution < 1.29 is 9.53 Å². The molecule has 0 spiro atoms. The van der Waals surface area contributed by atoms with Crippen molar-refractivity contribution in [2.45, 2.75) is 31.9 Å². The number of para-hydroxylation sites is 1. The van der Waals surface area contributed by atoms with Crippen molar-refractivity contribution in [3.8, 4) is 0 Å². The average Bonchev–Trinajstić information content (AvgIpc) is 2.82. The minimum atomic E-state index is -0.338. The van der Waals surface area contributed by atoms with Gasteiger partial charge in [-0.25, -0.2) is 4.79 Å². The minimum Gasteiger partial charge on any atom is -0.452 e. The topological polar surface area (TPSA) is 42.4 Å². The largest absolute Gasteiger partial charge is 0.452 e. The van der Waals surface area contributed by atoms with Crippen LogP contribution in [0.4, 0.5) is 0 Å². The van der Waals surface area contributed by atoms with E-state index < -0.39 is 0 Å². The van der Waals surface area contributed by atoms with E-state index in [-0.39, 0.29) is 18.1 Å². The van der Waals surface area contributed by atoms with Crippen molar-refractivity contribution in [3.63, 3.8) is 0 Å². The number of ether oxygens (including phenoxy) is 1. The van der Waals surface area contributed by atoms with Gasteiger partial charge in [-0.15, -0.1) is 6.58 Å². The van der Waals surface area contributed by atoms with Gasteiger partial charge in [-0.1, -0.05) is 42.0 Å². The van der Waals surface area contributed by atoms with Crippen molar-refractivity contribution >= 4 is 16.9 Å². The molecule has 31 heavy (non-hydrogen) atoms. The first kappa shape index (κ1) is 20.0. The minimum absolute atomic E-state index is 0.162. The quantitative estimate of drug-likeness (QED) is 0.419. The summed E-state index contributed by atoms with van der Waals surface area (Å²) in [5.74, 6) is 0.850. The molecule has 2 aromatic carbocycles. The summed E-state index contributed by atoms with van der Waals surface area (Å²) in [5, 5.41) is 1.05. The number of pyridine rings is 1. The molecule has 3 saturated heterocycles. The van der Waals surface area contributed by atoms with Crippen molar-refractivity contribution in [3.05, 3.63) is 90.1 Å². The fraction of sp³-hybridized carbons (Fsp3) is 0.333. The summed E-state index contributed by atoms with van der Waals surface area (Å²) in [5.41, 5.74) is 3.68. The van der Waals surface area contributed by atoms with Crippen LogP contribution in [0.3, 0.4) is 0 Å². The molecule has 158 valence electrons. The lowest BCUT2D eigenvalue weighted by Gasteiger charge is -2.51. The lowest BCUT2D eigenvalue weighted by Crippen LogP contribution is -2.55. The molecule has 3 aliphatic rings. The fourth-order valence-corrected chi connectivity index (χ4v) is 5.28. The van der Waals surface area contributed by atoms with Crippen LogP contribution in [0, 0.1) is 18.8 Å². The van der Waals surface area contributed by atoms with Crippen molar-refractivity contribution in [2.24, 2.45) is 11.8 Å². The maximum Gasteiger partial charge on any atom is 0.338 e. The van der Waals surface area contributed by atoms with Crippen LogP contribution in [0.15, 0.2) is 73.4 Å². The molecule has 2 bridgehead atoms. The van der Waals surface area contributed by atoms with Gasteiger partial charge in [0.05, 0.1) is 17.1 Å². The van der Waals surface area contributed by atoms with Gasteiger partial charge in [0, 0.05) is 23.7 Å². The number of carbonyl (C=O) groups excluding carboxylic acids is 1. The zero-order valence-corrected chi connectivity index (χ0v) is 17.9. The molecule has 0 aliphatic carbocycles. The SMILES string of the molecule is C=C[C@@H]1CN2CC[C@H]1C[C@@H]2[C@@H](OC(=O)c1ccc(C)cc1)c1ccnc2ccccc12. The van der Waals surface area contributed by atoms with E-state index in [0.717, 1.165) is 41.5 Å². The highest BCUT2D eigenvalue weighted by molar-refractivity contribution is 5.90. The summed E-state index contributed by atoms with van der Waals surface area (Å²) in [6.45, 7) is 8.09. The molecule has 0 amide bonds. The molecule has 0 N–H and O–H groups in total. The summed E-state index contributed by atoms with van der Waals surface area (Å²) < 4.78 is 6.30. The van der Waals surface area contributed by atoms with E-state index in [0.29, 0.717) is 17.4 Å². The van der Waals surface area contributed by atoms with Gasteiger partial charge in [0.25, 0.3) is 0 Å². The second-order valence-electron chi connectivity index (χ2n) is 8.86. The fourth-order valence-electron chi connectivity index (χ4n) is 5.28. The van der Waals surface area contributed by atoms with Crippen molar-refractivity contribution in [1.82, 2.24) is 9.88 Å². The Bertz CT molecular complexity index is 1100. The van der Waals surface area contributed by atoms with Gasteiger partial charge in [0.2, 0.25) is 0 Å². The number of hydrogen-bond acceptors (Lipinski definition) is 4. The second-order valence-corrected chi connectivity index (χ2v) is 8.86. The Hall–Kier alpha value is -2.98. The van der Waals surface area contributed by atoms with Crippen LogP contribution in [-0.2, 0) is 4.74 Å². The van der Waals surface area contributed by atoms with E-state index in [1.165, 1.54) is 6.42 Å². The van der Waals surface area contributed by atoms with Gasteiger partial charge in [-0.05, 0) is 62.4 Å². The molecule has 4 heterocycles. The zero-order valence-electron chi connectivity index (χ0n) is 17.9. The second kappa shape index (κ2) is 8.27. The van der Waals surface area contributed by atoms with Crippen LogP contribution in [0.5, 0.6) is 0 Å². The van der Waals surface area contributed by atoms with Gasteiger partial charge >= 0.3 is 5.97 Å². The third kappa shape index (κ3) is 3.77. The average molecular weight is 413 g/mol. The molecule has 1 unspecified atom stereocenters. The molecule has 1 aromatic heterocycles. The Labute approximate surface area is 183 Å². The highest BCUT2D eigenvalue weighted by atomic mass is 16.5. The maximum atomic E-state index is 13.2. The lowest BCUT2D eigenvalue weighted by molar-refractivity contribution is -0.0568. The molecule has 0 radical (unpaired) electrons. The predicted molar refractivity (Wildman–Crippen MR) is 123 cm³/mol. The van der Waals surface area contributed by atoms with Crippen LogP contribution in [0.25, 0.3) is 10.9 Å². The third-order valence-corrected chi connectivity index (χ3v) is 7.01. The Kier molecular flexibility index (Phi) is 5.33. The first-order valence-electron chi connectivity index (χ1n) is 11.1. The maximum absolute atomic E-state index is 13.2. The number of esters is 1. The van der Waals surface area contributed by atoms with Crippen LogP contribution in [-0.4, -0.2) is 35.0 Å². The molecule has 3 fully saturated rings. The predicted octanol–water partition coefficient (Wildman–Crippen LogP) is 5.34. The molecule has 3 aromatic rings. The molecule has 4 nitrogen and oxygen atoms in total. The Morgan fingerprint density at radius 1 is 1.19 bits per heavy atom. The van der Waals surface area contributed by atoms with Gasteiger partial charge in [-0.3, -0.25) is 9.88 Å². The summed E-state index contributed by atoms with van der Waals surface area (Å²) in [7, 11) is 0. The molecule has 3 aliphatic heterocycles. The van der Waals surface area contributed by atoms with E-state index in [1.807, 2.05) is 61.7 Å². The van der Waals surface area contributed by atoms with E-state index in [9.17, 15) is 4.79 Å². The third-order valence-electron chi connectivity index (χ3n) is 7.01. The number of benzene rings is 2. The van der Waals surface area contributed by atoms with Gasteiger partial charge in [0.1, 0.15) is 6.10 Å². The smallest absolute Gasteiger partial charge is 0.338 e. The molecular weight excluding hydrogens is 384 g/mol. The summed E-state index contributed by atoms with van der Waals surface area (Å²) in [6, 6.07) is 17.9. The lowest BCUT2D eigenvalue weighted by atomic mass is 9.73. The standard InChI is InChI=1S/C27H28N2O2/c1-3-19-17-29-15-13-21(19)16-25(29)26(31-27(30)20-10-8-18(2)9-11-20)23-12-14-28-24-7-5-4-6-22(23)24/h3-12,14,19,21,25-26H,1,13,15-17H2,2H3/t19-,21+,25-,26+/m1/s1. The monoisotopic (exact) mass is 412 g/mol. The Balaban J connectivity index is 1.53. The first-order chi connectivity index (χ1) is 15.1. The van der Waals surface area contributed by atoms with E-state index in [2.05, 4.69) is 28.6 Å². The van der Waals surface area contributed by atoms with Crippen molar-refractivity contribution in [2.75, 3.05) is 13.1 Å². The van der Waals surface area contributed by atoms with E-state index in [1.54, 1.807) is 0 Å². The molecular formula is C27H28N2O2. The first-order valence-corrected chi connectivity index (χ1v) is 11.1. The van der Waals surface area contributed by atoms with Gasteiger partial charge in [0.15, 0.2) is 0 Å². The number of aryl methyl sites for hydroxylation is 1. The number of nitrogens with zero attached hydrogens (tertiary/aromatic N) is 2. The summed E-state index contributed by atoms with van der Waals surface area (Å²) in [4.78, 5) is 20.2. The number of aromatic nitrogens is 1. The van der Waals surface area contributed by atoms with Gasteiger partial charge < -0.3 is 4.74 Å². The number of carbonyl (C=O) groups is 1. The highest BCUT2D eigenvalue weighted by Gasteiger charge is 2.44. The molecule has 6 rings (SSSR count). The normalized spacial score (nSPS) is 25.8. The van der Waals surface area contributed by atoms with Crippen molar-refractivity contribution in [1.29, 1.82) is 0 Å². The zero-order chi connectivity index (χ0) is 21.4. The molecule has 5 atom stereocenters.